The van der Waals surface area contributed by atoms with Gasteiger partial charge in [-0.2, -0.15) is 0 Å². The molecule has 0 amide bonds. The highest BCUT2D eigenvalue weighted by Gasteiger charge is 2.48. The molecule has 16 heavy (non-hydrogen) atoms. The number of carbonyl (C=O) groups is 1. The van der Waals surface area contributed by atoms with Crippen molar-refractivity contribution in [1.82, 2.24) is 9.97 Å². The molecule has 1 fully saturated rings. The minimum absolute atomic E-state index is 0.291. The average molecular weight is 225 g/mol. The van der Waals surface area contributed by atoms with Crippen LogP contribution in [0.1, 0.15) is 30.4 Å². The molecule has 0 aliphatic heterocycles. The lowest BCUT2D eigenvalue weighted by molar-refractivity contribution is 0.0683. The van der Waals surface area contributed by atoms with Gasteiger partial charge in [-0.1, -0.05) is 0 Å². The van der Waals surface area contributed by atoms with Gasteiger partial charge in [0.2, 0.25) is 5.82 Å². The van der Waals surface area contributed by atoms with Crippen molar-refractivity contribution >= 4 is 11.8 Å². The lowest BCUT2D eigenvalue weighted by Gasteiger charge is -2.17. The molecule has 1 saturated carbocycles. The largest absolute Gasteiger partial charge is 0.475 e. The van der Waals surface area contributed by atoms with Crippen LogP contribution in [0.3, 0.4) is 0 Å². The van der Waals surface area contributed by atoms with Crippen molar-refractivity contribution in [2.75, 3.05) is 5.32 Å². The maximum atomic E-state index is 13.6. The number of carboxylic acid groups (broad SMARTS) is 1. The summed E-state index contributed by atoms with van der Waals surface area (Å²) < 4.78 is 13.6. The fourth-order valence-electron chi connectivity index (χ4n) is 1.45. The van der Waals surface area contributed by atoms with E-state index in [1.165, 1.54) is 12.3 Å². The van der Waals surface area contributed by atoms with Gasteiger partial charge in [-0.15, -0.1) is 0 Å². The summed E-state index contributed by atoms with van der Waals surface area (Å²) in [6.45, 7) is 1.72. The molecular weight excluding hydrogens is 213 g/mol. The fraction of sp³-hybridized carbons (Fsp3) is 0.500. The Morgan fingerprint density at radius 1 is 1.69 bits per heavy atom. The molecule has 2 N–H and O–H groups in total. The van der Waals surface area contributed by atoms with E-state index in [9.17, 15) is 9.18 Å². The van der Waals surface area contributed by atoms with Crippen LogP contribution in [0.15, 0.2) is 12.3 Å². The molecular formula is C10H12FN3O2. The molecule has 0 bridgehead atoms. The molecule has 86 valence electrons. The number of nitrogens with zero attached hydrogens (tertiary/aromatic N) is 2. The fourth-order valence-corrected chi connectivity index (χ4v) is 1.45. The van der Waals surface area contributed by atoms with E-state index in [-0.39, 0.29) is 11.9 Å². The second kappa shape index (κ2) is 3.70. The Morgan fingerprint density at radius 3 is 2.94 bits per heavy atom. The minimum Gasteiger partial charge on any atom is -0.475 e. The summed E-state index contributed by atoms with van der Waals surface area (Å²) in [4.78, 5) is 18.0. The van der Waals surface area contributed by atoms with Crippen molar-refractivity contribution in [3.8, 4) is 0 Å². The summed E-state index contributed by atoms with van der Waals surface area (Å²) in [5.41, 5.74) is -1.17. The number of aromatic nitrogens is 2. The number of carboxylic acids is 1. The van der Waals surface area contributed by atoms with Gasteiger partial charge in [0.25, 0.3) is 0 Å². The molecule has 0 saturated heterocycles. The minimum atomic E-state index is -1.20. The van der Waals surface area contributed by atoms with Gasteiger partial charge in [-0.05, 0) is 25.8 Å². The van der Waals surface area contributed by atoms with Gasteiger partial charge < -0.3 is 10.4 Å². The van der Waals surface area contributed by atoms with Crippen LogP contribution in [0.4, 0.5) is 10.2 Å². The first-order chi connectivity index (χ1) is 7.51. The summed E-state index contributed by atoms with van der Waals surface area (Å²) in [5, 5.41) is 11.5. The smallest absolute Gasteiger partial charge is 0.374 e. The standard InChI is InChI=1S/C10H12FN3O2/c1-6(10(11)3-4-10)13-7-2-5-12-8(14-7)9(15)16/h2,5-6H,3-4H2,1H3,(H,15,16)(H,12,13,14). The van der Waals surface area contributed by atoms with Gasteiger partial charge in [0.05, 0.1) is 6.04 Å². The summed E-state index contributed by atoms with van der Waals surface area (Å²) in [7, 11) is 0. The average Bonchev–Trinajstić information content (AvgIpc) is 2.98. The molecule has 2 rings (SSSR count). The highest BCUT2D eigenvalue weighted by Crippen LogP contribution is 2.43. The highest BCUT2D eigenvalue weighted by atomic mass is 19.1. The van der Waals surface area contributed by atoms with Crippen LogP contribution in [0.25, 0.3) is 0 Å². The van der Waals surface area contributed by atoms with Crippen molar-refractivity contribution in [3.05, 3.63) is 18.1 Å². The number of hydrogen-bond acceptors (Lipinski definition) is 4. The van der Waals surface area contributed by atoms with E-state index in [2.05, 4.69) is 15.3 Å². The first-order valence-corrected chi connectivity index (χ1v) is 5.03. The summed E-state index contributed by atoms with van der Waals surface area (Å²) in [6, 6.07) is 1.15. The van der Waals surface area contributed by atoms with Crippen LogP contribution >= 0.6 is 0 Å². The van der Waals surface area contributed by atoms with E-state index in [1.807, 2.05) is 0 Å². The lowest BCUT2D eigenvalue weighted by atomic mass is 10.2. The van der Waals surface area contributed by atoms with Crippen molar-refractivity contribution < 1.29 is 14.3 Å². The Balaban J connectivity index is 2.09. The Hall–Kier alpha value is -1.72. The number of hydrogen-bond donors (Lipinski definition) is 2. The van der Waals surface area contributed by atoms with Gasteiger partial charge in [0, 0.05) is 6.20 Å². The number of nitrogens with one attached hydrogen (secondary N) is 1. The molecule has 1 aliphatic rings. The highest BCUT2D eigenvalue weighted by molar-refractivity contribution is 5.83. The normalized spacial score (nSPS) is 18.9. The third-order valence-electron chi connectivity index (χ3n) is 2.71. The van der Waals surface area contributed by atoms with Crippen molar-refractivity contribution in [2.24, 2.45) is 0 Å². The number of alkyl halides is 1. The molecule has 1 aliphatic carbocycles. The van der Waals surface area contributed by atoms with Crippen LogP contribution in [0.5, 0.6) is 0 Å². The SMILES string of the molecule is CC(Nc1ccnc(C(=O)O)n1)C1(F)CC1. The quantitative estimate of drug-likeness (QED) is 0.811. The molecule has 1 atom stereocenters. The monoisotopic (exact) mass is 225 g/mol. The molecule has 1 aromatic heterocycles. The topological polar surface area (TPSA) is 75.1 Å². The van der Waals surface area contributed by atoms with Gasteiger partial charge in [0.1, 0.15) is 11.5 Å². The van der Waals surface area contributed by atoms with E-state index in [1.54, 1.807) is 6.92 Å². The number of anilines is 1. The Labute approximate surface area is 91.7 Å². The molecule has 0 radical (unpaired) electrons. The van der Waals surface area contributed by atoms with Gasteiger partial charge >= 0.3 is 5.97 Å². The summed E-state index contributed by atoms with van der Waals surface area (Å²) in [5.74, 6) is -1.15. The second-order valence-corrected chi connectivity index (χ2v) is 3.97. The maximum Gasteiger partial charge on any atom is 0.374 e. The van der Waals surface area contributed by atoms with E-state index < -0.39 is 11.6 Å². The summed E-state index contributed by atoms with van der Waals surface area (Å²) >= 11 is 0. The molecule has 0 aromatic carbocycles. The predicted octanol–water partition coefficient (Wildman–Crippen LogP) is 1.48. The zero-order valence-corrected chi connectivity index (χ0v) is 8.77. The van der Waals surface area contributed by atoms with E-state index in [4.69, 9.17) is 5.11 Å². The maximum absolute atomic E-state index is 13.6. The van der Waals surface area contributed by atoms with Gasteiger partial charge in [-0.3, -0.25) is 0 Å². The van der Waals surface area contributed by atoms with E-state index >= 15 is 0 Å². The molecule has 5 nitrogen and oxygen atoms in total. The second-order valence-electron chi connectivity index (χ2n) is 3.97. The zero-order chi connectivity index (χ0) is 11.8. The van der Waals surface area contributed by atoms with E-state index in [0.717, 1.165) is 0 Å². The molecule has 1 unspecified atom stereocenters. The third kappa shape index (κ3) is 2.10. The van der Waals surface area contributed by atoms with Gasteiger partial charge in [0.15, 0.2) is 0 Å². The first kappa shape index (κ1) is 10.8. The Kier molecular flexibility index (Phi) is 2.49. The Bertz CT molecular complexity index is 420. The van der Waals surface area contributed by atoms with Crippen LogP contribution in [0, 0.1) is 0 Å². The van der Waals surface area contributed by atoms with Gasteiger partial charge in [-0.25, -0.2) is 19.2 Å². The number of halogens is 1. The summed E-state index contributed by atoms with van der Waals surface area (Å²) in [6.07, 6.45) is 2.42. The first-order valence-electron chi connectivity index (χ1n) is 5.03. The van der Waals surface area contributed by atoms with Crippen molar-refractivity contribution in [2.45, 2.75) is 31.5 Å². The Morgan fingerprint density at radius 2 is 2.38 bits per heavy atom. The molecule has 1 heterocycles. The molecule has 0 spiro atoms. The number of aromatic carboxylic acids is 1. The molecule has 1 aromatic rings. The van der Waals surface area contributed by atoms with Crippen LogP contribution < -0.4 is 5.32 Å². The van der Waals surface area contributed by atoms with E-state index in [0.29, 0.717) is 18.7 Å². The predicted molar refractivity (Wildman–Crippen MR) is 55.1 cm³/mol. The van der Waals surface area contributed by atoms with Crippen LogP contribution in [0.2, 0.25) is 0 Å². The third-order valence-corrected chi connectivity index (χ3v) is 2.71. The van der Waals surface area contributed by atoms with Crippen molar-refractivity contribution in [1.29, 1.82) is 0 Å². The van der Waals surface area contributed by atoms with Crippen LogP contribution in [-0.2, 0) is 0 Å². The van der Waals surface area contributed by atoms with Crippen LogP contribution in [-0.4, -0.2) is 32.8 Å². The number of rotatable bonds is 4. The lowest BCUT2D eigenvalue weighted by Crippen LogP contribution is -2.29. The molecule has 6 heteroatoms. The van der Waals surface area contributed by atoms with Crippen molar-refractivity contribution in [3.63, 3.8) is 0 Å². The zero-order valence-electron chi connectivity index (χ0n) is 8.77.